The molecule has 0 bridgehead atoms. The summed E-state index contributed by atoms with van der Waals surface area (Å²) in [4.78, 5) is 47.6. The Kier molecular flexibility index (Phi) is 6.67. The van der Waals surface area contributed by atoms with Gasteiger partial charge in [-0.2, -0.15) is 31.2 Å². The zero-order valence-electron chi connectivity index (χ0n) is 18.4. The number of rotatable bonds is 5. The Morgan fingerprint density at radius 1 is 1.09 bits per heavy atom. The highest BCUT2D eigenvalue weighted by molar-refractivity contribution is 8.00. The van der Waals surface area contributed by atoms with E-state index in [9.17, 15) is 40.7 Å². The van der Waals surface area contributed by atoms with Crippen LogP contribution >= 0.6 is 11.8 Å². The number of anilines is 1. The SMILES string of the molecule is Cc1cnccc1C[N+]1(OC(=O)C(F)(F)F)C(=O)N(c2ccc(SC(F)(F)F)cc2)C(=O)C1(C)C. The van der Waals surface area contributed by atoms with Crippen LogP contribution in [-0.2, 0) is 21.0 Å². The molecular weight excluding hydrogens is 504 g/mol. The number of hydrogen-bond acceptors (Lipinski definition) is 6. The number of benzene rings is 1. The van der Waals surface area contributed by atoms with Gasteiger partial charge in [-0.25, -0.2) is 9.59 Å². The number of alkyl halides is 6. The van der Waals surface area contributed by atoms with Gasteiger partial charge in [-0.05, 0) is 59.2 Å². The number of amides is 3. The number of nitrogens with zero attached hydrogens (tertiary/aromatic N) is 3. The van der Waals surface area contributed by atoms with Crippen LogP contribution in [0.15, 0.2) is 47.6 Å². The fourth-order valence-electron chi connectivity index (χ4n) is 3.50. The Labute approximate surface area is 199 Å². The van der Waals surface area contributed by atoms with Crippen molar-refractivity contribution in [2.45, 2.75) is 49.4 Å². The van der Waals surface area contributed by atoms with Crippen molar-refractivity contribution in [1.29, 1.82) is 0 Å². The van der Waals surface area contributed by atoms with Crippen molar-refractivity contribution in [3.05, 3.63) is 53.9 Å². The molecule has 0 radical (unpaired) electrons. The molecule has 35 heavy (non-hydrogen) atoms. The van der Waals surface area contributed by atoms with Crippen molar-refractivity contribution in [3.8, 4) is 0 Å². The average Bonchev–Trinajstić information content (AvgIpc) is 2.86. The summed E-state index contributed by atoms with van der Waals surface area (Å²) in [5.41, 5.74) is -6.08. The van der Waals surface area contributed by atoms with Crippen LogP contribution in [0.1, 0.15) is 25.0 Å². The van der Waals surface area contributed by atoms with E-state index in [0.29, 0.717) is 10.5 Å². The van der Waals surface area contributed by atoms with E-state index in [1.54, 1.807) is 6.92 Å². The van der Waals surface area contributed by atoms with Crippen LogP contribution in [0, 0.1) is 6.92 Å². The van der Waals surface area contributed by atoms with Gasteiger partial charge >= 0.3 is 29.6 Å². The van der Waals surface area contributed by atoms with E-state index in [1.165, 1.54) is 18.5 Å². The molecule has 1 aromatic heterocycles. The molecule has 3 amide bonds. The summed E-state index contributed by atoms with van der Waals surface area (Å²) in [6.07, 6.45) is -2.78. The van der Waals surface area contributed by atoms with E-state index in [-0.39, 0.29) is 16.1 Å². The quantitative estimate of drug-likeness (QED) is 0.230. The lowest BCUT2D eigenvalue weighted by Crippen LogP contribution is -2.62. The molecule has 0 N–H and O–H groups in total. The predicted octanol–water partition coefficient (Wildman–Crippen LogP) is 5.28. The maximum absolute atomic E-state index is 13.6. The first-order valence-electron chi connectivity index (χ1n) is 9.83. The number of hydroxylamine groups is 3. The van der Waals surface area contributed by atoms with E-state index in [2.05, 4.69) is 4.98 Å². The van der Waals surface area contributed by atoms with Gasteiger partial charge in [-0.15, -0.1) is 0 Å². The second kappa shape index (κ2) is 8.82. The number of thioether (sulfide) groups is 1. The number of urea groups is 1. The van der Waals surface area contributed by atoms with Gasteiger partial charge in [0.25, 0.3) is 0 Å². The first-order valence-corrected chi connectivity index (χ1v) is 10.6. The number of hydrogen-bond donors (Lipinski definition) is 0. The highest BCUT2D eigenvalue weighted by Crippen LogP contribution is 2.43. The monoisotopic (exact) mass is 522 g/mol. The minimum atomic E-state index is -5.47. The molecule has 1 fully saturated rings. The summed E-state index contributed by atoms with van der Waals surface area (Å²) in [7, 11) is 0. The van der Waals surface area contributed by atoms with Gasteiger partial charge in [0.05, 0.1) is 5.69 Å². The fourth-order valence-corrected chi connectivity index (χ4v) is 4.04. The van der Waals surface area contributed by atoms with Crippen molar-refractivity contribution in [3.63, 3.8) is 0 Å². The Hall–Kier alpha value is -3.13. The minimum Gasteiger partial charge on any atom is -0.266 e. The molecule has 14 heteroatoms. The number of carbonyl (C=O) groups is 3. The number of aryl methyl sites for hydroxylation is 1. The van der Waals surface area contributed by atoms with E-state index >= 15 is 0 Å². The zero-order chi connectivity index (χ0) is 26.4. The molecular formula is C21H18F6N3O4S+. The first kappa shape index (κ1) is 26.5. The van der Waals surface area contributed by atoms with Crippen LogP contribution in [0.2, 0.25) is 0 Å². The van der Waals surface area contributed by atoms with Crippen molar-refractivity contribution >= 4 is 35.4 Å². The maximum Gasteiger partial charge on any atom is 0.497 e. The van der Waals surface area contributed by atoms with Gasteiger partial charge in [0.1, 0.15) is 0 Å². The molecule has 1 atom stereocenters. The van der Waals surface area contributed by atoms with Gasteiger partial charge in [0.2, 0.25) is 5.54 Å². The highest BCUT2D eigenvalue weighted by atomic mass is 32.2. The van der Waals surface area contributed by atoms with Gasteiger partial charge in [0, 0.05) is 36.7 Å². The summed E-state index contributed by atoms with van der Waals surface area (Å²) >= 11 is -0.425. The molecule has 1 aliphatic rings. The number of imide groups is 1. The molecule has 1 aromatic carbocycles. The number of pyridine rings is 1. The molecule has 2 aromatic rings. The van der Waals surface area contributed by atoms with E-state index in [1.807, 2.05) is 0 Å². The summed E-state index contributed by atoms with van der Waals surface area (Å²) < 4.78 is 75.7. The van der Waals surface area contributed by atoms with Gasteiger partial charge in [-0.1, -0.05) is 0 Å². The molecule has 1 aliphatic heterocycles. The molecule has 3 rings (SSSR count). The zero-order valence-corrected chi connectivity index (χ0v) is 19.2. The third-order valence-corrected chi connectivity index (χ3v) is 6.20. The lowest BCUT2D eigenvalue weighted by Gasteiger charge is -2.35. The smallest absolute Gasteiger partial charge is 0.266 e. The Bertz CT molecular complexity index is 1170. The van der Waals surface area contributed by atoms with Crippen molar-refractivity contribution in [2.24, 2.45) is 0 Å². The number of carbonyl (C=O) groups excluding carboxylic acids is 3. The predicted molar refractivity (Wildman–Crippen MR) is 110 cm³/mol. The Morgan fingerprint density at radius 3 is 2.20 bits per heavy atom. The molecule has 0 aliphatic carbocycles. The standard InChI is InChI=1S/C21H18F6N3O4S/c1-12-10-28-9-8-13(12)11-30(34-17(32)20(22,23)24)18(33)29(16(31)19(30,2)3)14-4-6-15(7-5-14)35-21(25,26)27/h4-10H,11H2,1-3H3/q+1. The lowest BCUT2D eigenvalue weighted by atomic mass is 10.0. The van der Waals surface area contributed by atoms with Crippen molar-refractivity contribution in [2.75, 3.05) is 4.90 Å². The van der Waals surface area contributed by atoms with Crippen LogP contribution in [-0.4, -0.2) is 44.8 Å². The van der Waals surface area contributed by atoms with E-state index in [0.717, 1.165) is 38.1 Å². The van der Waals surface area contributed by atoms with Gasteiger partial charge in [-0.3, -0.25) is 14.6 Å². The number of aromatic nitrogens is 1. The third-order valence-electron chi connectivity index (χ3n) is 5.46. The molecule has 7 nitrogen and oxygen atoms in total. The van der Waals surface area contributed by atoms with Crippen LogP contribution in [0.4, 0.5) is 36.8 Å². The molecule has 2 heterocycles. The van der Waals surface area contributed by atoms with Crippen molar-refractivity contribution < 1.29 is 50.2 Å². The largest absolute Gasteiger partial charge is 0.497 e. The first-order chi connectivity index (χ1) is 16.0. The molecule has 1 unspecified atom stereocenters. The topological polar surface area (TPSA) is 76.6 Å². The minimum absolute atomic E-state index is 0.200. The van der Waals surface area contributed by atoms with Crippen molar-refractivity contribution in [1.82, 2.24) is 4.98 Å². The summed E-state index contributed by atoms with van der Waals surface area (Å²) in [5, 5.41) is 0. The van der Waals surface area contributed by atoms with Crippen LogP contribution in [0.5, 0.6) is 0 Å². The van der Waals surface area contributed by atoms with Crippen LogP contribution < -0.4 is 4.90 Å². The molecule has 1 saturated heterocycles. The van der Waals surface area contributed by atoms with E-state index in [4.69, 9.17) is 4.84 Å². The normalized spacial score (nSPS) is 20.3. The number of halogens is 6. The summed E-state index contributed by atoms with van der Waals surface area (Å²) in [6.45, 7) is 3.21. The Morgan fingerprint density at radius 2 is 1.69 bits per heavy atom. The van der Waals surface area contributed by atoms with Crippen LogP contribution in [0.3, 0.4) is 0 Å². The highest BCUT2D eigenvalue weighted by Gasteiger charge is 2.71. The summed E-state index contributed by atoms with van der Waals surface area (Å²) in [6, 6.07) is 4.18. The fraction of sp³-hybridized carbons (Fsp3) is 0.333. The summed E-state index contributed by atoms with van der Waals surface area (Å²) in [5.74, 6) is -3.70. The average molecular weight is 522 g/mol. The Balaban J connectivity index is 2.11. The molecule has 188 valence electrons. The second-order valence-corrected chi connectivity index (χ2v) is 9.24. The van der Waals surface area contributed by atoms with E-state index < -0.39 is 58.1 Å². The molecule has 0 spiro atoms. The lowest BCUT2D eigenvalue weighted by molar-refractivity contribution is -1.06. The maximum atomic E-state index is 13.6. The third kappa shape index (κ3) is 4.98. The number of quaternary nitrogens is 1. The second-order valence-electron chi connectivity index (χ2n) is 8.10. The van der Waals surface area contributed by atoms with Gasteiger partial charge in [0.15, 0.2) is 6.54 Å². The molecule has 0 saturated carbocycles. The van der Waals surface area contributed by atoms with Gasteiger partial charge < -0.3 is 0 Å². The van der Waals surface area contributed by atoms with Crippen LogP contribution in [0.25, 0.3) is 0 Å².